The predicted octanol–water partition coefficient (Wildman–Crippen LogP) is 3.61. The van der Waals surface area contributed by atoms with Crippen LogP contribution < -0.4 is 5.32 Å². The van der Waals surface area contributed by atoms with Crippen molar-refractivity contribution >= 4 is 11.6 Å². The predicted molar refractivity (Wildman–Crippen MR) is 107 cm³/mol. The van der Waals surface area contributed by atoms with Crippen molar-refractivity contribution in [3.05, 3.63) is 71.1 Å². The molecule has 32 heavy (non-hydrogen) atoms. The Labute approximate surface area is 181 Å². The minimum absolute atomic E-state index is 0.0468. The summed E-state index contributed by atoms with van der Waals surface area (Å²) in [5.74, 6) is -1.30. The van der Waals surface area contributed by atoms with Gasteiger partial charge in [0.1, 0.15) is 5.82 Å². The molecule has 4 rings (SSSR count). The Morgan fingerprint density at radius 2 is 2.03 bits per heavy atom. The van der Waals surface area contributed by atoms with Gasteiger partial charge in [-0.2, -0.15) is 28.5 Å². The number of hydrogen-bond donors (Lipinski definition) is 1. The second-order valence-electron chi connectivity index (χ2n) is 7.72. The molecule has 7 nitrogen and oxygen atoms in total. The lowest BCUT2D eigenvalue weighted by molar-refractivity contribution is -0.137. The number of likely N-dealkylation sites (tertiary alicyclic amines) is 1. The van der Waals surface area contributed by atoms with Crippen LogP contribution in [0.5, 0.6) is 0 Å². The molecule has 1 unspecified atom stereocenters. The number of nitrogens with zero attached hydrogens (tertiary/aromatic N) is 5. The number of aromatic nitrogens is 4. The van der Waals surface area contributed by atoms with Crippen molar-refractivity contribution in [1.29, 1.82) is 0 Å². The van der Waals surface area contributed by atoms with Crippen LogP contribution in [0, 0.1) is 5.82 Å². The van der Waals surface area contributed by atoms with Crippen molar-refractivity contribution in [3.8, 4) is 0 Å². The molecule has 3 aromatic rings. The minimum atomic E-state index is -4.61. The van der Waals surface area contributed by atoms with Crippen LogP contribution >= 0.6 is 0 Å². The van der Waals surface area contributed by atoms with E-state index in [0.717, 1.165) is 17.8 Å². The fourth-order valence-electron chi connectivity index (χ4n) is 4.03. The lowest BCUT2D eigenvalue weighted by Gasteiger charge is -2.18. The Kier molecular flexibility index (Phi) is 5.92. The van der Waals surface area contributed by atoms with Crippen molar-refractivity contribution < 1.29 is 22.4 Å². The van der Waals surface area contributed by atoms with Crippen LogP contribution in [0.2, 0.25) is 0 Å². The molecule has 1 fully saturated rings. The van der Waals surface area contributed by atoms with Crippen molar-refractivity contribution in [2.24, 2.45) is 7.05 Å². The SMILES string of the molecule is Cn1ncc(C(=O)Nc2ccnnc2)c1C1CCN(Cc2cc(F)cc(C(F)(F)F)c2)C1. The largest absolute Gasteiger partial charge is 0.416 e. The number of hydrogen-bond acceptors (Lipinski definition) is 5. The molecule has 1 saturated heterocycles. The van der Waals surface area contributed by atoms with E-state index in [-0.39, 0.29) is 23.9 Å². The van der Waals surface area contributed by atoms with E-state index >= 15 is 0 Å². The van der Waals surface area contributed by atoms with Crippen molar-refractivity contribution in [3.63, 3.8) is 0 Å². The van der Waals surface area contributed by atoms with E-state index in [1.165, 1.54) is 18.6 Å². The van der Waals surface area contributed by atoms with Gasteiger partial charge in [-0.25, -0.2) is 4.39 Å². The van der Waals surface area contributed by atoms with Gasteiger partial charge in [-0.05, 0) is 42.8 Å². The van der Waals surface area contributed by atoms with Crippen molar-refractivity contribution in [2.45, 2.75) is 25.1 Å². The molecule has 1 aliphatic heterocycles. The first kappa shape index (κ1) is 21.9. The van der Waals surface area contributed by atoms with Crippen molar-refractivity contribution in [1.82, 2.24) is 24.9 Å². The van der Waals surface area contributed by atoms with Gasteiger partial charge in [-0.1, -0.05) is 0 Å². The fraction of sp³-hybridized carbons (Fsp3) is 0.333. The average molecular weight is 448 g/mol. The van der Waals surface area contributed by atoms with Crippen LogP contribution in [-0.2, 0) is 19.8 Å². The van der Waals surface area contributed by atoms with Crippen LogP contribution in [0.15, 0.2) is 42.9 Å². The molecule has 168 valence electrons. The third-order valence-electron chi connectivity index (χ3n) is 5.42. The third kappa shape index (κ3) is 4.77. The van der Waals surface area contributed by atoms with Gasteiger partial charge in [0, 0.05) is 26.1 Å². The summed E-state index contributed by atoms with van der Waals surface area (Å²) in [5, 5.41) is 14.4. The summed E-state index contributed by atoms with van der Waals surface area (Å²) in [5.41, 5.74) is 0.911. The topological polar surface area (TPSA) is 75.9 Å². The van der Waals surface area contributed by atoms with Crippen LogP contribution in [-0.4, -0.2) is 43.9 Å². The molecule has 11 heteroatoms. The zero-order chi connectivity index (χ0) is 22.9. The standard InChI is InChI=1S/C21H20F4N6O/c1-30-19(18(10-28-30)20(32)29-17-2-4-26-27-9-17)14-3-5-31(12-14)11-13-6-15(21(23,24)25)8-16(22)7-13/h2,4,6-10,14H,3,5,11-12H2,1H3,(H,26,29,32). The van der Waals surface area contributed by atoms with E-state index in [4.69, 9.17) is 0 Å². The summed E-state index contributed by atoms with van der Waals surface area (Å²) in [6.45, 7) is 1.29. The molecule has 0 bridgehead atoms. The van der Waals surface area contributed by atoms with E-state index in [1.807, 2.05) is 4.90 Å². The number of anilines is 1. The number of alkyl halides is 3. The highest BCUT2D eigenvalue weighted by Crippen LogP contribution is 2.33. The van der Waals surface area contributed by atoms with E-state index in [1.54, 1.807) is 17.8 Å². The van der Waals surface area contributed by atoms with Crippen LogP contribution in [0.25, 0.3) is 0 Å². The molecule has 0 aliphatic carbocycles. The number of amides is 1. The molecule has 0 radical (unpaired) electrons. The first-order valence-electron chi connectivity index (χ1n) is 9.89. The summed E-state index contributed by atoms with van der Waals surface area (Å²) in [7, 11) is 1.74. The first-order chi connectivity index (χ1) is 15.2. The number of carbonyl (C=O) groups is 1. The van der Waals surface area contributed by atoms with Gasteiger partial charge in [0.05, 0.1) is 41.1 Å². The second-order valence-corrected chi connectivity index (χ2v) is 7.72. The summed E-state index contributed by atoms with van der Waals surface area (Å²) in [6, 6.07) is 4.21. The molecule has 1 aromatic carbocycles. The highest BCUT2D eigenvalue weighted by Gasteiger charge is 2.33. The third-order valence-corrected chi connectivity index (χ3v) is 5.42. The summed E-state index contributed by atoms with van der Waals surface area (Å²) >= 11 is 0. The molecule has 1 N–H and O–H groups in total. The van der Waals surface area contributed by atoms with E-state index < -0.39 is 17.6 Å². The van der Waals surface area contributed by atoms with Gasteiger partial charge < -0.3 is 5.32 Å². The molecule has 3 heterocycles. The van der Waals surface area contributed by atoms with E-state index in [0.29, 0.717) is 36.8 Å². The Morgan fingerprint density at radius 1 is 1.22 bits per heavy atom. The Morgan fingerprint density at radius 3 is 2.75 bits per heavy atom. The molecule has 1 aliphatic rings. The molecular formula is C21H20F4N6O. The van der Waals surface area contributed by atoms with Gasteiger partial charge in [0.15, 0.2) is 0 Å². The van der Waals surface area contributed by atoms with Crippen LogP contribution in [0.4, 0.5) is 23.2 Å². The number of benzene rings is 1. The lowest BCUT2D eigenvalue weighted by atomic mass is 10.0. The zero-order valence-electron chi connectivity index (χ0n) is 17.1. The quantitative estimate of drug-likeness (QED) is 0.604. The molecule has 2 aromatic heterocycles. The maximum Gasteiger partial charge on any atom is 0.416 e. The van der Waals surface area contributed by atoms with Gasteiger partial charge in [-0.3, -0.25) is 14.4 Å². The number of carbonyl (C=O) groups excluding carboxylic acids is 1. The summed E-state index contributed by atoms with van der Waals surface area (Å²) < 4.78 is 54.3. The van der Waals surface area contributed by atoms with Gasteiger partial charge >= 0.3 is 6.18 Å². The maximum atomic E-state index is 13.7. The summed E-state index contributed by atoms with van der Waals surface area (Å²) in [6.07, 6.45) is 0.471. The zero-order valence-corrected chi connectivity index (χ0v) is 17.1. The van der Waals surface area contributed by atoms with Gasteiger partial charge in [0.25, 0.3) is 5.91 Å². The van der Waals surface area contributed by atoms with E-state index in [9.17, 15) is 22.4 Å². The average Bonchev–Trinajstić information content (AvgIpc) is 3.33. The van der Waals surface area contributed by atoms with E-state index in [2.05, 4.69) is 20.6 Å². The Balaban J connectivity index is 1.48. The van der Waals surface area contributed by atoms with Crippen LogP contribution in [0.1, 0.15) is 39.5 Å². The van der Waals surface area contributed by atoms with Gasteiger partial charge in [0.2, 0.25) is 0 Å². The van der Waals surface area contributed by atoms with Crippen molar-refractivity contribution in [2.75, 3.05) is 18.4 Å². The normalized spacial score (nSPS) is 17.0. The number of rotatable bonds is 5. The summed E-state index contributed by atoms with van der Waals surface area (Å²) in [4.78, 5) is 14.7. The highest BCUT2D eigenvalue weighted by molar-refractivity contribution is 6.05. The molecule has 0 spiro atoms. The minimum Gasteiger partial charge on any atom is -0.320 e. The van der Waals surface area contributed by atoms with Crippen LogP contribution in [0.3, 0.4) is 0 Å². The molecular weight excluding hydrogens is 428 g/mol. The monoisotopic (exact) mass is 448 g/mol. The second kappa shape index (κ2) is 8.65. The van der Waals surface area contributed by atoms with Gasteiger partial charge in [-0.15, -0.1) is 0 Å². The number of halogens is 4. The maximum absolute atomic E-state index is 13.7. The first-order valence-corrected chi connectivity index (χ1v) is 9.89. The molecule has 1 amide bonds. The number of aryl methyl sites for hydroxylation is 1. The smallest absolute Gasteiger partial charge is 0.320 e. The highest BCUT2D eigenvalue weighted by atomic mass is 19.4. The Bertz CT molecular complexity index is 1120. The lowest BCUT2D eigenvalue weighted by Crippen LogP contribution is -2.22. The molecule has 0 saturated carbocycles. The molecule has 1 atom stereocenters. The number of nitrogens with one attached hydrogen (secondary N) is 1. The fourth-order valence-corrected chi connectivity index (χ4v) is 4.03. The Hall–Kier alpha value is -3.34.